The third-order valence-corrected chi connectivity index (χ3v) is 2.83. The summed E-state index contributed by atoms with van der Waals surface area (Å²) in [6, 6.07) is 2.89. The molecule has 0 radical (unpaired) electrons. The zero-order valence-corrected chi connectivity index (χ0v) is 11.3. The summed E-state index contributed by atoms with van der Waals surface area (Å²) in [7, 11) is 0. The Balaban J connectivity index is 3.06. The molecule has 20 heavy (non-hydrogen) atoms. The lowest BCUT2D eigenvalue weighted by Crippen LogP contribution is -2.34. The summed E-state index contributed by atoms with van der Waals surface area (Å²) < 4.78 is 0. The predicted molar refractivity (Wildman–Crippen MR) is 72.2 cm³/mol. The first-order valence-electron chi connectivity index (χ1n) is 5.98. The Bertz CT molecular complexity index is 530. The highest BCUT2D eigenvalue weighted by Crippen LogP contribution is 2.28. The SMILES string of the molecule is CC(=O)NCC(O)C(O)c1cc(C)cc(C(=O)O)c1N. The van der Waals surface area contributed by atoms with Crippen LogP contribution in [0.4, 0.5) is 5.69 Å². The van der Waals surface area contributed by atoms with E-state index < -0.39 is 18.2 Å². The molecule has 0 saturated carbocycles. The normalized spacial score (nSPS) is 13.6. The summed E-state index contributed by atoms with van der Waals surface area (Å²) in [6.45, 7) is 2.78. The van der Waals surface area contributed by atoms with Crippen LogP contribution in [0.15, 0.2) is 12.1 Å². The first kappa shape index (κ1) is 15.9. The summed E-state index contributed by atoms with van der Waals surface area (Å²) in [6.07, 6.45) is -2.68. The summed E-state index contributed by atoms with van der Waals surface area (Å²) in [4.78, 5) is 21.8. The van der Waals surface area contributed by atoms with Crippen molar-refractivity contribution in [1.29, 1.82) is 0 Å². The molecule has 0 aliphatic rings. The third-order valence-electron chi connectivity index (χ3n) is 2.83. The van der Waals surface area contributed by atoms with Gasteiger partial charge in [-0.3, -0.25) is 4.79 Å². The van der Waals surface area contributed by atoms with Crippen LogP contribution >= 0.6 is 0 Å². The van der Waals surface area contributed by atoms with E-state index in [9.17, 15) is 19.8 Å². The topological polar surface area (TPSA) is 133 Å². The fourth-order valence-corrected chi connectivity index (χ4v) is 1.81. The average molecular weight is 282 g/mol. The lowest BCUT2D eigenvalue weighted by atomic mass is 9.96. The lowest BCUT2D eigenvalue weighted by molar-refractivity contribution is -0.119. The molecule has 0 saturated heterocycles. The molecule has 6 N–H and O–H groups in total. The summed E-state index contributed by atoms with van der Waals surface area (Å²) in [5, 5.41) is 31.2. The number of aromatic carboxylic acids is 1. The zero-order chi connectivity index (χ0) is 15.4. The molecular formula is C13H18N2O5. The minimum Gasteiger partial charge on any atom is -0.478 e. The van der Waals surface area contributed by atoms with Crippen LogP contribution in [-0.4, -0.2) is 39.8 Å². The Labute approximate surface area is 116 Å². The molecule has 0 fully saturated rings. The number of carbonyl (C=O) groups excluding carboxylic acids is 1. The maximum Gasteiger partial charge on any atom is 0.337 e. The molecule has 0 spiro atoms. The van der Waals surface area contributed by atoms with Crippen LogP contribution < -0.4 is 11.1 Å². The van der Waals surface area contributed by atoms with E-state index in [1.165, 1.54) is 19.1 Å². The fraction of sp³-hybridized carbons (Fsp3) is 0.385. The fourth-order valence-electron chi connectivity index (χ4n) is 1.81. The molecule has 7 nitrogen and oxygen atoms in total. The van der Waals surface area contributed by atoms with Crippen molar-refractivity contribution in [3.8, 4) is 0 Å². The van der Waals surface area contributed by atoms with Crippen molar-refractivity contribution in [3.05, 3.63) is 28.8 Å². The van der Waals surface area contributed by atoms with Gasteiger partial charge in [-0.2, -0.15) is 0 Å². The monoisotopic (exact) mass is 282 g/mol. The van der Waals surface area contributed by atoms with Gasteiger partial charge in [-0.05, 0) is 18.6 Å². The Morgan fingerprint density at radius 3 is 2.45 bits per heavy atom. The molecule has 1 aromatic rings. The quantitative estimate of drug-likeness (QED) is 0.475. The second-order valence-electron chi connectivity index (χ2n) is 4.57. The summed E-state index contributed by atoms with van der Waals surface area (Å²) in [5.74, 6) is -1.56. The van der Waals surface area contributed by atoms with Gasteiger partial charge in [0, 0.05) is 19.0 Å². The maximum absolute atomic E-state index is 11.1. The highest BCUT2D eigenvalue weighted by molar-refractivity contribution is 5.94. The third kappa shape index (κ3) is 3.69. The number of carboxylic acid groups (broad SMARTS) is 1. The summed E-state index contributed by atoms with van der Waals surface area (Å²) >= 11 is 0. The van der Waals surface area contributed by atoms with Crippen molar-refractivity contribution in [2.75, 3.05) is 12.3 Å². The number of nitrogens with one attached hydrogen (secondary N) is 1. The van der Waals surface area contributed by atoms with Crippen LogP contribution in [0.5, 0.6) is 0 Å². The van der Waals surface area contributed by atoms with Crippen LogP contribution in [0.3, 0.4) is 0 Å². The van der Waals surface area contributed by atoms with Crippen molar-refractivity contribution >= 4 is 17.6 Å². The first-order valence-corrected chi connectivity index (χ1v) is 5.98. The Hall–Kier alpha value is -2.12. The number of carboxylic acids is 1. The van der Waals surface area contributed by atoms with Gasteiger partial charge in [0.05, 0.1) is 11.3 Å². The Morgan fingerprint density at radius 1 is 1.35 bits per heavy atom. The van der Waals surface area contributed by atoms with E-state index in [-0.39, 0.29) is 29.3 Å². The minimum atomic E-state index is -1.39. The number of amides is 1. The van der Waals surface area contributed by atoms with Gasteiger partial charge < -0.3 is 26.4 Å². The molecule has 1 amide bonds. The summed E-state index contributed by atoms with van der Waals surface area (Å²) in [5.41, 5.74) is 6.20. The predicted octanol–water partition coefficient (Wildman–Crippen LogP) is -0.194. The molecule has 7 heteroatoms. The number of aliphatic hydroxyl groups excluding tert-OH is 2. The van der Waals surface area contributed by atoms with Crippen LogP contribution in [-0.2, 0) is 4.79 Å². The van der Waals surface area contributed by atoms with E-state index in [2.05, 4.69) is 5.32 Å². The van der Waals surface area contributed by atoms with E-state index >= 15 is 0 Å². The average Bonchev–Trinajstić information content (AvgIpc) is 2.36. The molecule has 0 aliphatic carbocycles. The Kier molecular flexibility index (Phi) is 5.06. The number of rotatable bonds is 5. The molecule has 0 aromatic heterocycles. The number of nitrogens with two attached hydrogens (primary N) is 1. The number of benzene rings is 1. The van der Waals surface area contributed by atoms with E-state index in [4.69, 9.17) is 10.8 Å². The van der Waals surface area contributed by atoms with Crippen molar-refractivity contribution in [3.63, 3.8) is 0 Å². The molecule has 0 bridgehead atoms. The second kappa shape index (κ2) is 6.36. The minimum absolute atomic E-state index is 0.0996. The van der Waals surface area contributed by atoms with Crippen LogP contribution in [0.2, 0.25) is 0 Å². The van der Waals surface area contributed by atoms with Crippen LogP contribution in [0.1, 0.15) is 34.5 Å². The second-order valence-corrected chi connectivity index (χ2v) is 4.57. The molecule has 2 atom stereocenters. The maximum atomic E-state index is 11.1. The first-order chi connectivity index (χ1) is 9.23. The van der Waals surface area contributed by atoms with E-state index in [0.717, 1.165) is 0 Å². The highest BCUT2D eigenvalue weighted by Gasteiger charge is 2.24. The van der Waals surface area contributed by atoms with Crippen molar-refractivity contribution in [2.24, 2.45) is 0 Å². The molecule has 0 aliphatic heterocycles. The van der Waals surface area contributed by atoms with Crippen LogP contribution in [0, 0.1) is 6.92 Å². The van der Waals surface area contributed by atoms with Crippen molar-refractivity contribution in [1.82, 2.24) is 5.32 Å². The smallest absolute Gasteiger partial charge is 0.337 e. The largest absolute Gasteiger partial charge is 0.478 e. The standard InChI is InChI=1S/C13H18N2O5/c1-6-3-8(11(14)9(4-6)13(19)20)12(18)10(17)5-15-7(2)16/h3-4,10,12,17-18H,5,14H2,1-2H3,(H,15,16)(H,19,20). The Morgan fingerprint density at radius 2 is 1.95 bits per heavy atom. The lowest BCUT2D eigenvalue weighted by Gasteiger charge is -2.21. The van der Waals surface area contributed by atoms with Gasteiger partial charge in [-0.25, -0.2) is 4.79 Å². The number of nitrogen functional groups attached to an aromatic ring is 1. The molecule has 2 unspecified atom stereocenters. The number of hydrogen-bond donors (Lipinski definition) is 5. The number of hydrogen-bond acceptors (Lipinski definition) is 5. The van der Waals surface area contributed by atoms with E-state index in [1.54, 1.807) is 6.92 Å². The number of aliphatic hydroxyl groups is 2. The number of carbonyl (C=O) groups is 2. The van der Waals surface area contributed by atoms with Gasteiger partial charge in [0.1, 0.15) is 12.2 Å². The number of anilines is 1. The van der Waals surface area contributed by atoms with E-state index in [1.807, 2.05) is 0 Å². The van der Waals surface area contributed by atoms with Gasteiger partial charge in [0.15, 0.2) is 0 Å². The van der Waals surface area contributed by atoms with Gasteiger partial charge in [0.2, 0.25) is 5.91 Å². The van der Waals surface area contributed by atoms with E-state index in [0.29, 0.717) is 5.56 Å². The van der Waals surface area contributed by atoms with Gasteiger partial charge >= 0.3 is 5.97 Å². The molecule has 110 valence electrons. The van der Waals surface area contributed by atoms with Crippen molar-refractivity contribution in [2.45, 2.75) is 26.1 Å². The molecular weight excluding hydrogens is 264 g/mol. The van der Waals surface area contributed by atoms with Crippen molar-refractivity contribution < 1.29 is 24.9 Å². The highest BCUT2D eigenvalue weighted by atomic mass is 16.4. The van der Waals surface area contributed by atoms with Gasteiger partial charge in [0.25, 0.3) is 0 Å². The van der Waals surface area contributed by atoms with Crippen LogP contribution in [0.25, 0.3) is 0 Å². The molecule has 1 aromatic carbocycles. The van der Waals surface area contributed by atoms with Gasteiger partial charge in [-0.1, -0.05) is 6.07 Å². The molecule has 1 rings (SSSR count). The number of aryl methyl sites for hydroxylation is 1. The molecule has 0 heterocycles. The zero-order valence-electron chi connectivity index (χ0n) is 11.3. The van der Waals surface area contributed by atoms with Gasteiger partial charge in [-0.15, -0.1) is 0 Å².